The molecule has 0 saturated heterocycles. The summed E-state index contributed by atoms with van der Waals surface area (Å²) in [5.74, 6) is -0.818. The first-order chi connectivity index (χ1) is 14.0. The molecule has 3 aromatic carbocycles. The fourth-order valence-corrected chi connectivity index (χ4v) is 3.95. The molecule has 0 radical (unpaired) electrons. The number of nitrogens with two attached hydrogens (primary N) is 2. The van der Waals surface area contributed by atoms with Gasteiger partial charge in [-0.15, -0.1) is 0 Å². The Kier molecular flexibility index (Phi) is 5.04. The molecule has 29 heavy (non-hydrogen) atoms. The van der Waals surface area contributed by atoms with E-state index in [1.54, 1.807) is 12.1 Å². The van der Waals surface area contributed by atoms with Gasteiger partial charge in [-0.3, -0.25) is 9.59 Å². The number of benzene rings is 3. The Bertz CT molecular complexity index is 1070. The van der Waals surface area contributed by atoms with Crippen LogP contribution >= 0.6 is 0 Å². The van der Waals surface area contributed by atoms with Crippen LogP contribution in [0.1, 0.15) is 38.3 Å². The monoisotopic (exact) mass is 385 g/mol. The number of carbonyl (C=O) groups excluding carboxylic acids is 2. The van der Waals surface area contributed by atoms with Crippen molar-refractivity contribution in [3.05, 3.63) is 89.0 Å². The molecule has 1 aliphatic heterocycles. The maximum atomic E-state index is 11.7. The molecule has 5 heteroatoms. The first-order valence-corrected chi connectivity index (χ1v) is 9.69. The lowest BCUT2D eigenvalue weighted by atomic mass is 9.97. The minimum absolute atomic E-state index is 0.392. The lowest BCUT2D eigenvalue weighted by Gasteiger charge is -2.31. The lowest BCUT2D eigenvalue weighted by molar-refractivity contribution is 0.0992. The van der Waals surface area contributed by atoms with Gasteiger partial charge in [0.05, 0.1) is 0 Å². The van der Waals surface area contributed by atoms with Crippen LogP contribution in [0.3, 0.4) is 0 Å². The Hall–Kier alpha value is -3.60. The van der Waals surface area contributed by atoms with Crippen molar-refractivity contribution in [2.24, 2.45) is 11.5 Å². The van der Waals surface area contributed by atoms with Crippen molar-refractivity contribution in [3.8, 4) is 11.1 Å². The number of rotatable bonds is 5. The summed E-state index contributed by atoms with van der Waals surface area (Å²) in [7, 11) is 0. The summed E-state index contributed by atoms with van der Waals surface area (Å²) in [4.78, 5) is 25.5. The van der Waals surface area contributed by atoms with E-state index >= 15 is 0 Å². The number of nitrogens with zero attached hydrogens (tertiary/aromatic N) is 1. The summed E-state index contributed by atoms with van der Waals surface area (Å²) in [6, 6.07) is 21.3. The maximum absolute atomic E-state index is 11.7. The number of amides is 2. The Labute approximate surface area is 169 Å². The van der Waals surface area contributed by atoms with Gasteiger partial charge in [0, 0.05) is 29.9 Å². The van der Waals surface area contributed by atoms with Gasteiger partial charge in [-0.25, -0.2) is 0 Å². The summed E-state index contributed by atoms with van der Waals surface area (Å²) in [5, 5.41) is 0. The van der Waals surface area contributed by atoms with Crippen molar-refractivity contribution in [2.75, 3.05) is 11.4 Å². The Morgan fingerprint density at radius 1 is 0.897 bits per heavy atom. The third-order valence-electron chi connectivity index (χ3n) is 5.41. The molecule has 4 N–H and O–H groups in total. The largest absolute Gasteiger partial charge is 0.367 e. The minimum atomic E-state index is -0.426. The van der Waals surface area contributed by atoms with Crippen LogP contribution in [0.25, 0.3) is 11.1 Å². The van der Waals surface area contributed by atoms with Gasteiger partial charge >= 0.3 is 0 Å². The second kappa shape index (κ2) is 7.80. The van der Waals surface area contributed by atoms with Crippen molar-refractivity contribution in [2.45, 2.75) is 19.4 Å². The maximum Gasteiger partial charge on any atom is 0.249 e. The number of hydrogen-bond acceptors (Lipinski definition) is 3. The van der Waals surface area contributed by atoms with E-state index in [0.717, 1.165) is 42.7 Å². The number of hydrogen-bond donors (Lipinski definition) is 2. The van der Waals surface area contributed by atoms with E-state index in [1.165, 1.54) is 11.1 Å². The molecular weight excluding hydrogens is 362 g/mol. The molecular formula is C24H23N3O2. The summed E-state index contributed by atoms with van der Waals surface area (Å²) < 4.78 is 0. The molecule has 0 bridgehead atoms. The van der Waals surface area contributed by atoms with Crippen molar-refractivity contribution >= 4 is 17.5 Å². The van der Waals surface area contributed by atoms with E-state index in [0.29, 0.717) is 11.1 Å². The van der Waals surface area contributed by atoms with Crippen LogP contribution in [0.2, 0.25) is 0 Å². The second-order valence-electron chi connectivity index (χ2n) is 7.34. The van der Waals surface area contributed by atoms with E-state index in [2.05, 4.69) is 17.0 Å². The van der Waals surface area contributed by atoms with Crippen LogP contribution in [0.5, 0.6) is 0 Å². The first kappa shape index (κ1) is 18.7. The van der Waals surface area contributed by atoms with Crippen molar-refractivity contribution < 1.29 is 9.59 Å². The number of fused-ring (bicyclic) bond motifs is 1. The molecule has 0 aliphatic carbocycles. The quantitative estimate of drug-likeness (QED) is 0.704. The van der Waals surface area contributed by atoms with Crippen LogP contribution in [-0.2, 0) is 13.0 Å². The van der Waals surface area contributed by atoms with Gasteiger partial charge in [0.1, 0.15) is 0 Å². The molecule has 4 rings (SSSR count). The van der Waals surface area contributed by atoms with Crippen molar-refractivity contribution in [3.63, 3.8) is 0 Å². The molecule has 146 valence electrons. The highest BCUT2D eigenvalue weighted by Crippen LogP contribution is 2.30. The summed E-state index contributed by atoms with van der Waals surface area (Å²) in [5.41, 5.74) is 17.3. The van der Waals surface area contributed by atoms with E-state index in [4.69, 9.17) is 11.5 Å². The molecule has 3 aromatic rings. The fourth-order valence-electron chi connectivity index (χ4n) is 3.95. The molecule has 0 aromatic heterocycles. The molecule has 0 atom stereocenters. The molecule has 2 amide bonds. The second-order valence-corrected chi connectivity index (χ2v) is 7.34. The van der Waals surface area contributed by atoms with E-state index in [-0.39, 0.29) is 0 Å². The SMILES string of the molecule is NC(=O)c1ccc2c(c1)CCCN2Cc1ccc(-c2ccccc2C(N)=O)cc1. The average Bonchev–Trinajstić information content (AvgIpc) is 2.74. The lowest BCUT2D eigenvalue weighted by Crippen LogP contribution is -2.29. The van der Waals surface area contributed by atoms with Gasteiger partial charge < -0.3 is 16.4 Å². The highest BCUT2D eigenvalue weighted by atomic mass is 16.1. The molecule has 0 unspecified atom stereocenters. The first-order valence-electron chi connectivity index (χ1n) is 9.69. The molecule has 1 aliphatic rings. The van der Waals surface area contributed by atoms with Gasteiger partial charge in [0.2, 0.25) is 11.8 Å². The summed E-state index contributed by atoms with van der Waals surface area (Å²) >= 11 is 0. The Morgan fingerprint density at radius 3 is 2.38 bits per heavy atom. The molecule has 5 nitrogen and oxygen atoms in total. The average molecular weight is 385 g/mol. The topological polar surface area (TPSA) is 89.4 Å². The predicted molar refractivity (Wildman–Crippen MR) is 115 cm³/mol. The standard InChI is InChI=1S/C24H23N3O2/c25-23(28)19-11-12-22-18(14-19)4-3-13-27(22)15-16-7-9-17(10-8-16)20-5-1-2-6-21(20)24(26)29/h1-2,5-12,14H,3-4,13,15H2,(H2,25,28)(H2,26,29). The number of anilines is 1. The molecule has 1 heterocycles. The van der Waals surface area contributed by atoms with Crippen LogP contribution in [0.4, 0.5) is 5.69 Å². The Balaban J connectivity index is 1.57. The number of primary amides is 2. The number of carbonyl (C=O) groups is 2. The van der Waals surface area contributed by atoms with Gasteiger partial charge in [0.25, 0.3) is 0 Å². The van der Waals surface area contributed by atoms with Gasteiger partial charge in [-0.1, -0.05) is 42.5 Å². The molecule has 0 spiro atoms. The van der Waals surface area contributed by atoms with E-state index in [1.807, 2.05) is 42.5 Å². The minimum Gasteiger partial charge on any atom is -0.367 e. The predicted octanol–water partition coefficient (Wildman–Crippen LogP) is 3.50. The van der Waals surface area contributed by atoms with Crippen LogP contribution in [0.15, 0.2) is 66.7 Å². The molecule has 0 saturated carbocycles. The zero-order chi connectivity index (χ0) is 20.4. The highest BCUT2D eigenvalue weighted by Gasteiger charge is 2.18. The van der Waals surface area contributed by atoms with Gasteiger partial charge in [-0.2, -0.15) is 0 Å². The van der Waals surface area contributed by atoms with Gasteiger partial charge in [-0.05, 0) is 59.4 Å². The smallest absolute Gasteiger partial charge is 0.249 e. The number of aryl methyl sites for hydroxylation is 1. The van der Waals surface area contributed by atoms with Crippen LogP contribution in [-0.4, -0.2) is 18.4 Å². The zero-order valence-electron chi connectivity index (χ0n) is 16.1. The van der Waals surface area contributed by atoms with Crippen molar-refractivity contribution in [1.82, 2.24) is 0 Å². The van der Waals surface area contributed by atoms with Gasteiger partial charge in [0.15, 0.2) is 0 Å². The van der Waals surface area contributed by atoms with Crippen LogP contribution < -0.4 is 16.4 Å². The third kappa shape index (κ3) is 3.85. The molecule has 0 fully saturated rings. The normalized spacial score (nSPS) is 13.0. The van der Waals surface area contributed by atoms with E-state index < -0.39 is 11.8 Å². The Morgan fingerprint density at radius 2 is 1.66 bits per heavy atom. The summed E-state index contributed by atoms with van der Waals surface area (Å²) in [6.07, 6.45) is 2.00. The summed E-state index contributed by atoms with van der Waals surface area (Å²) in [6.45, 7) is 1.75. The van der Waals surface area contributed by atoms with E-state index in [9.17, 15) is 9.59 Å². The third-order valence-corrected chi connectivity index (χ3v) is 5.41. The fraction of sp³-hybridized carbons (Fsp3) is 0.167. The van der Waals surface area contributed by atoms with Crippen LogP contribution in [0, 0.1) is 0 Å². The highest BCUT2D eigenvalue weighted by molar-refractivity contribution is 5.99. The zero-order valence-corrected chi connectivity index (χ0v) is 16.1. The van der Waals surface area contributed by atoms with Crippen molar-refractivity contribution in [1.29, 1.82) is 0 Å².